The molecule has 8 heteroatoms. The van der Waals surface area contributed by atoms with E-state index >= 15 is 4.39 Å². The number of benzene rings is 2. The van der Waals surface area contributed by atoms with E-state index in [1.165, 1.54) is 10.9 Å². The molecule has 1 aliphatic heterocycles. The molecule has 0 spiro atoms. The van der Waals surface area contributed by atoms with Crippen molar-refractivity contribution in [2.24, 2.45) is 11.7 Å². The summed E-state index contributed by atoms with van der Waals surface area (Å²) in [4.78, 5) is 26.5. The molecular weight excluding hydrogens is 469 g/mol. The van der Waals surface area contributed by atoms with Gasteiger partial charge in [0.25, 0.3) is 5.91 Å². The maximum atomic E-state index is 15.9. The maximum Gasteiger partial charge on any atom is 0.252 e. The average Bonchev–Trinajstić information content (AvgIpc) is 3.67. The molecule has 0 unspecified atom stereocenters. The molecule has 0 bridgehead atoms. The van der Waals surface area contributed by atoms with Crippen molar-refractivity contribution in [2.45, 2.75) is 50.4 Å². The highest BCUT2D eigenvalue weighted by atomic mass is 19.1. The second kappa shape index (κ2) is 10.3. The number of hydrogen-bond donors (Lipinski definition) is 1. The fraction of sp³-hybridized carbons (Fsp3) is 0.379. The van der Waals surface area contributed by atoms with Gasteiger partial charge >= 0.3 is 0 Å². The van der Waals surface area contributed by atoms with Crippen LogP contribution in [0, 0.1) is 17.2 Å². The topological polar surface area (TPSA) is 105 Å². The number of nitrogens with two attached hydrogens (primary N) is 1. The van der Waals surface area contributed by atoms with Crippen LogP contribution in [0.5, 0.6) is 0 Å². The highest BCUT2D eigenvalue weighted by Crippen LogP contribution is 2.37. The number of ketones is 1. The summed E-state index contributed by atoms with van der Waals surface area (Å²) in [6, 6.07) is 20.5. The minimum atomic E-state index is -1.39. The first-order valence-electron chi connectivity index (χ1n) is 12.7. The molecule has 7 nitrogen and oxygen atoms in total. The zero-order chi connectivity index (χ0) is 26.0. The normalized spacial score (nSPS) is 21.9. The molecule has 1 saturated heterocycles. The zero-order valence-corrected chi connectivity index (χ0v) is 20.6. The summed E-state index contributed by atoms with van der Waals surface area (Å²) in [5, 5.41) is 14.1. The van der Waals surface area contributed by atoms with E-state index in [0.717, 1.165) is 29.5 Å². The smallest absolute Gasteiger partial charge is 0.252 e. The van der Waals surface area contributed by atoms with Crippen LogP contribution in [0.1, 0.15) is 47.3 Å². The standard InChI is InChI=1S/C29H30FN5O2/c30-27-19-34(17-20-6-8-22(9-7-20)21-4-2-1-3-5-21)15-13-29(27,12-14-31)35-18-24(28(32)37)25(33-35)16-26(36)23-10-11-23/h1-9,18,23,27H,10-13,15-17,19H2,(H2,32,37)/t27-,29-/m0/s1. The number of nitrogens with zero attached hydrogens (tertiary/aromatic N) is 4. The first kappa shape index (κ1) is 24.8. The predicted octanol–water partition coefficient (Wildman–Crippen LogP) is 4.02. The Morgan fingerprint density at radius 3 is 2.43 bits per heavy atom. The SMILES string of the molecule is N#CC[C@]1(n2cc(C(N)=O)c(CC(=O)C3CC3)n2)CCN(Cc2ccc(-c3ccccc3)cc2)C[C@@H]1F. The first-order valence-corrected chi connectivity index (χ1v) is 12.7. The third kappa shape index (κ3) is 5.18. The third-order valence-corrected chi connectivity index (χ3v) is 7.60. The van der Waals surface area contributed by atoms with E-state index in [-0.39, 0.29) is 42.3 Å². The summed E-state index contributed by atoms with van der Waals surface area (Å²) < 4.78 is 17.3. The van der Waals surface area contributed by atoms with Crippen molar-refractivity contribution >= 4 is 11.7 Å². The number of Topliss-reactive ketones (excluding diaryl/α,β-unsaturated/α-hetero) is 1. The van der Waals surface area contributed by atoms with E-state index < -0.39 is 17.6 Å². The lowest BCUT2D eigenvalue weighted by molar-refractivity contribution is -0.119. The maximum absolute atomic E-state index is 15.9. The van der Waals surface area contributed by atoms with Gasteiger partial charge in [-0.3, -0.25) is 19.2 Å². The summed E-state index contributed by atoms with van der Waals surface area (Å²) in [7, 11) is 0. The number of halogens is 1. The number of hydrogen-bond acceptors (Lipinski definition) is 5. The quantitative estimate of drug-likeness (QED) is 0.479. The van der Waals surface area contributed by atoms with Crippen molar-refractivity contribution in [2.75, 3.05) is 13.1 Å². The average molecular weight is 500 g/mol. The second-order valence-corrected chi connectivity index (χ2v) is 10.2. The number of alkyl halides is 1. The van der Waals surface area contributed by atoms with E-state index in [0.29, 0.717) is 19.5 Å². The molecule has 2 aliphatic rings. The van der Waals surface area contributed by atoms with Crippen molar-refractivity contribution < 1.29 is 14.0 Å². The monoisotopic (exact) mass is 499 g/mol. The molecule has 3 aromatic rings. The number of carbonyl (C=O) groups is 2. The lowest BCUT2D eigenvalue weighted by Gasteiger charge is -2.43. The number of nitriles is 1. The minimum absolute atomic E-state index is 0.000623. The van der Waals surface area contributed by atoms with Crippen LogP contribution in [0.4, 0.5) is 4.39 Å². The molecule has 2 fully saturated rings. The number of rotatable bonds is 9. The number of aromatic nitrogens is 2. The highest BCUT2D eigenvalue weighted by molar-refractivity contribution is 5.95. The Morgan fingerprint density at radius 1 is 1.11 bits per heavy atom. The Labute approximate surface area is 215 Å². The van der Waals surface area contributed by atoms with Gasteiger partial charge in [-0.15, -0.1) is 0 Å². The molecule has 2 N–H and O–H groups in total. The Morgan fingerprint density at radius 2 is 1.81 bits per heavy atom. The summed E-state index contributed by atoms with van der Waals surface area (Å²) in [6.07, 6.45) is 1.99. The molecule has 37 heavy (non-hydrogen) atoms. The van der Waals surface area contributed by atoms with Gasteiger partial charge in [0.15, 0.2) is 0 Å². The molecule has 190 valence electrons. The van der Waals surface area contributed by atoms with Crippen molar-refractivity contribution in [3.05, 3.63) is 77.6 Å². The van der Waals surface area contributed by atoms with Crippen LogP contribution in [-0.4, -0.2) is 45.6 Å². The molecule has 1 aromatic heterocycles. The molecule has 2 atom stereocenters. The molecule has 5 rings (SSSR count). The molecule has 2 aromatic carbocycles. The predicted molar refractivity (Wildman–Crippen MR) is 137 cm³/mol. The largest absolute Gasteiger partial charge is 0.365 e. The summed E-state index contributed by atoms with van der Waals surface area (Å²) in [5.41, 5.74) is 8.09. The van der Waals surface area contributed by atoms with Gasteiger partial charge in [-0.1, -0.05) is 54.6 Å². The van der Waals surface area contributed by atoms with Gasteiger partial charge in [0.05, 0.1) is 30.2 Å². The van der Waals surface area contributed by atoms with Gasteiger partial charge in [0.2, 0.25) is 0 Å². The van der Waals surface area contributed by atoms with Gasteiger partial charge in [-0.05, 0) is 36.0 Å². The van der Waals surface area contributed by atoms with Gasteiger partial charge < -0.3 is 5.73 Å². The third-order valence-electron chi connectivity index (χ3n) is 7.60. The summed E-state index contributed by atoms with van der Waals surface area (Å²) >= 11 is 0. The molecular formula is C29H30FN5O2. The van der Waals surface area contributed by atoms with Crippen LogP contribution >= 0.6 is 0 Å². The Hall–Kier alpha value is -3.83. The molecule has 1 aliphatic carbocycles. The van der Waals surface area contributed by atoms with E-state index in [1.807, 2.05) is 23.1 Å². The van der Waals surface area contributed by atoms with E-state index in [9.17, 15) is 14.9 Å². The van der Waals surface area contributed by atoms with Crippen molar-refractivity contribution in [1.29, 1.82) is 5.26 Å². The van der Waals surface area contributed by atoms with Gasteiger partial charge in [0.1, 0.15) is 17.5 Å². The highest BCUT2D eigenvalue weighted by Gasteiger charge is 2.46. The number of amides is 1. The lowest BCUT2D eigenvalue weighted by Crippen LogP contribution is -2.54. The van der Waals surface area contributed by atoms with Crippen LogP contribution in [-0.2, 0) is 23.3 Å². The Kier molecular flexibility index (Phi) is 6.90. The van der Waals surface area contributed by atoms with Crippen LogP contribution < -0.4 is 5.73 Å². The van der Waals surface area contributed by atoms with Crippen LogP contribution in [0.2, 0.25) is 0 Å². The van der Waals surface area contributed by atoms with Crippen LogP contribution in [0.15, 0.2) is 60.8 Å². The van der Waals surface area contributed by atoms with Crippen molar-refractivity contribution in [3.8, 4) is 17.2 Å². The van der Waals surface area contributed by atoms with Crippen LogP contribution in [0.3, 0.4) is 0 Å². The second-order valence-electron chi connectivity index (χ2n) is 10.2. The number of piperidine rings is 1. The summed E-state index contributed by atoms with van der Waals surface area (Å²) in [5.74, 6) is -0.673. The minimum Gasteiger partial charge on any atom is -0.365 e. The summed E-state index contributed by atoms with van der Waals surface area (Å²) in [6.45, 7) is 1.28. The van der Waals surface area contributed by atoms with E-state index in [1.54, 1.807) is 0 Å². The van der Waals surface area contributed by atoms with Crippen LogP contribution in [0.25, 0.3) is 11.1 Å². The molecule has 1 saturated carbocycles. The first-order chi connectivity index (χ1) is 17.9. The fourth-order valence-corrected chi connectivity index (χ4v) is 5.20. The van der Waals surface area contributed by atoms with E-state index in [4.69, 9.17) is 5.73 Å². The molecule has 0 radical (unpaired) electrons. The van der Waals surface area contributed by atoms with Gasteiger partial charge in [-0.25, -0.2) is 4.39 Å². The molecule has 2 heterocycles. The Balaban J connectivity index is 1.32. The number of primary amides is 1. The van der Waals surface area contributed by atoms with Crippen molar-refractivity contribution in [3.63, 3.8) is 0 Å². The fourth-order valence-electron chi connectivity index (χ4n) is 5.20. The Bertz CT molecular complexity index is 1330. The van der Waals surface area contributed by atoms with Gasteiger partial charge in [0, 0.05) is 31.7 Å². The lowest BCUT2D eigenvalue weighted by atomic mass is 9.83. The van der Waals surface area contributed by atoms with Crippen molar-refractivity contribution in [1.82, 2.24) is 14.7 Å². The molecule has 1 amide bonds. The van der Waals surface area contributed by atoms with E-state index in [2.05, 4.69) is 47.6 Å². The zero-order valence-electron chi connectivity index (χ0n) is 20.6. The number of likely N-dealkylation sites (tertiary alicyclic amines) is 1. The number of carbonyl (C=O) groups excluding carboxylic acids is 2. The van der Waals surface area contributed by atoms with Gasteiger partial charge in [-0.2, -0.15) is 10.4 Å².